The van der Waals surface area contributed by atoms with Crippen molar-refractivity contribution in [3.05, 3.63) is 187 Å². The van der Waals surface area contributed by atoms with Gasteiger partial charge in [0, 0.05) is 53.9 Å². The molecular formula is C52H46Br2N2. The summed E-state index contributed by atoms with van der Waals surface area (Å²) in [4.78, 5) is 4.80. The lowest BCUT2D eigenvalue weighted by Crippen LogP contribution is -2.24. The van der Waals surface area contributed by atoms with Gasteiger partial charge in [0.2, 0.25) is 0 Å². The Hall–Kier alpha value is -4.90. The van der Waals surface area contributed by atoms with Crippen LogP contribution in [0.4, 0.5) is 34.1 Å². The highest BCUT2D eigenvalue weighted by Gasteiger charge is 2.47. The number of hydrogen-bond donors (Lipinski definition) is 0. The van der Waals surface area contributed by atoms with Gasteiger partial charge in [0.25, 0.3) is 0 Å². The van der Waals surface area contributed by atoms with Crippen molar-refractivity contribution in [1.82, 2.24) is 0 Å². The zero-order valence-electron chi connectivity index (χ0n) is 33.4. The van der Waals surface area contributed by atoms with Crippen molar-refractivity contribution in [1.29, 1.82) is 0 Å². The molecule has 0 aromatic heterocycles. The molecule has 0 aliphatic heterocycles. The molecule has 0 unspecified atom stereocenters. The number of fused-ring (bicyclic) bond motifs is 7. The van der Waals surface area contributed by atoms with Crippen LogP contribution in [0.1, 0.15) is 72.2 Å². The molecule has 0 fully saturated rings. The van der Waals surface area contributed by atoms with Crippen LogP contribution in [-0.2, 0) is 10.8 Å². The number of benzene rings is 7. The monoisotopic (exact) mass is 856 g/mol. The van der Waals surface area contributed by atoms with E-state index in [2.05, 4.69) is 231 Å². The Bertz CT molecular complexity index is 2390. The van der Waals surface area contributed by atoms with Crippen molar-refractivity contribution >= 4 is 66.0 Å². The maximum atomic E-state index is 3.66. The second-order valence-electron chi connectivity index (χ2n) is 16.8. The first-order valence-electron chi connectivity index (χ1n) is 19.5. The minimum absolute atomic E-state index is 0.225. The predicted molar refractivity (Wildman–Crippen MR) is 245 cm³/mol. The van der Waals surface area contributed by atoms with Gasteiger partial charge in [-0.2, -0.15) is 0 Å². The van der Waals surface area contributed by atoms with E-state index in [9.17, 15) is 0 Å². The fourth-order valence-corrected chi connectivity index (χ4v) is 10.1. The Morgan fingerprint density at radius 3 is 1.00 bits per heavy atom. The quantitative estimate of drug-likeness (QED) is 0.164. The topological polar surface area (TPSA) is 6.48 Å². The van der Waals surface area contributed by atoms with Crippen LogP contribution in [0.3, 0.4) is 0 Å². The largest absolute Gasteiger partial charge is 0.310 e. The van der Waals surface area contributed by atoms with Gasteiger partial charge in [-0.15, -0.1) is 0 Å². The highest BCUT2D eigenvalue weighted by atomic mass is 79.9. The van der Waals surface area contributed by atoms with Gasteiger partial charge in [0.15, 0.2) is 0 Å². The zero-order valence-corrected chi connectivity index (χ0v) is 36.5. The molecular weight excluding hydrogens is 812 g/mol. The van der Waals surface area contributed by atoms with Crippen molar-refractivity contribution in [3.8, 4) is 22.3 Å². The molecule has 2 aliphatic carbocycles. The molecule has 278 valence electrons. The molecule has 2 aliphatic rings. The van der Waals surface area contributed by atoms with E-state index >= 15 is 0 Å². The van der Waals surface area contributed by atoms with Gasteiger partial charge in [-0.05, 0) is 180 Å². The van der Waals surface area contributed by atoms with E-state index in [4.69, 9.17) is 0 Å². The van der Waals surface area contributed by atoms with E-state index < -0.39 is 0 Å². The summed E-state index contributed by atoms with van der Waals surface area (Å²) in [5, 5.41) is 0. The first-order chi connectivity index (χ1) is 26.7. The third kappa shape index (κ3) is 5.79. The maximum absolute atomic E-state index is 3.66. The molecule has 0 heterocycles. The average molecular weight is 859 g/mol. The molecule has 0 spiro atoms. The molecule has 0 atom stereocenters. The van der Waals surface area contributed by atoms with Crippen molar-refractivity contribution in [2.75, 3.05) is 9.80 Å². The summed E-state index contributed by atoms with van der Waals surface area (Å²) in [6.07, 6.45) is 0. The molecule has 9 rings (SSSR count). The first kappa shape index (κ1) is 36.7. The maximum Gasteiger partial charge on any atom is 0.0467 e. The fourth-order valence-electron chi connectivity index (χ4n) is 9.54. The fraction of sp³-hybridized carbons (Fsp3) is 0.192. The van der Waals surface area contributed by atoms with Crippen LogP contribution in [0.2, 0.25) is 0 Å². The Kier molecular flexibility index (Phi) is 8.76. The smallest absolute Gasteiger partial charge is 0.0467 e. The van der Waals surface area contributed by atoms with E-state index in [0.717, 1.165) is 31.7 Å². The summed E-state index contributed by atoms with van der Waals surface area (Å²) in [6, 6.07) is 49.6. The Balaban J connectivity index is 1.19. The third-order valence-electron chi connectivity index (χ3n) is 12.3. The van der Waals surface area contributed by atoms with Crippen LogP contribution in [0.25, 0.3) is 22.3 Å². The lowest BCUT2D eigenvalue weighted by molar-refractivity contribution is 0.601. The molecule has 7 aromatic carbocycles. The summed E-state index contributed by atoms with van der Waals surface area (Å²) in [5.41, 5.74) is 22.8. The normalized spacial score (nSPS) is 14.2. The average Bonchev–Trinajstić information content (AvgIpc) is 3.54. The van der Waals surface area contributed by atoms with Gasteiger partial charge in [-0.25, -0.2) is 0 Å². The summed E-state index contributed by atoms with van der Waals surface area (Å²) in [5.74, 6) is 0. The molecule has 0 radical (unpaired) electrons. The summed E-state index contributed by atoms with van der Waals surface area (Å²) in [7, 11) is 0. The van der Waals surface area contributed by atoms with E-state index in [1.54, 1.807) is 0 Å². The SMILES string of the molecule is Cc1ccc(N(c2ccc(Br)cc2)c2cc(C)c3c(c2)C(C)(C)c2c-3ccc3c2C(C)(C)c2cc(N(c4ccc(C)cc4)c4ccc(Br)cc4)cc(C)c2-3)cc1. The number of hydrogen-bond acceptors (Lipinski definition) is 2. The summed E-state index contributed by atoms with van der Waals surface area (Å²) >= 11 is 7.33. The molecule has 2 nitrogen and oxygen atoms in total. The standard InChI is InChI=1S/C52H46Br2N2/c1-31-9-17-37(18-10-31)55(39-21-13-35(53)14-22-39)41-27-33(3)47-43-25-26-44-48-34(4)28-42(30-46(48)52(7,8)50(44)49(43)51(5,6)45(47)29-41)56(38-19-11-32(2)12-20-38)40-23-15-36(54)16-24-40/h9-30H,1-8H3. The number of halogens is 2. The highest BCUT2D eigenvalue weighted by molar-refractivity contribution is 9.10. The molecule has 0 amide bonds. The van der Waals surface area contributed by atoms with Gasteiger partial charge in [0.05, 0.1) is 0 Å². The molecule has 0 saturated heterocycles. The van der Waals surface area contributed by atoms with E-state index in [0.29, 0.717) is 0 Å². The zero-order chi connectivity index (χ0) is 39.3. The van der Waals surface area contributed by atoms with Crippen molar-refractivity contribution < 1.29 is 0 Å². The van der Waals surface area contributed by atoms with Crippen LogP contribution >= 0.6 is 31.9 Å². The Morgan fingerprint density at radius 2 is 0.679 bits per heavy atom. The van der Waals surface area contributed by atoms with Crippen molar-refractivity contribution in [2.45, 2.75) is 66.2 Å². The predicted octanol–water partition coefficient (Wildman–Crippen LogP) is 16.0. The summed E-state index contributed by atoms with van der Waals surface area (Å²) in [6.45, 7) is 18.7. The van der Waals surface area contributed by atoms with Crippen LogP contribution in [0.5, 0.6) is 0 Å². The number of rotatable bonds is 6. The molecule has 0 saturated carbocycles. The van der Waals surface area contributed by atoms with Gasteiger partial charge in [0.1, 0.15) is 0 Å². The van der Waals surface area contributed by atoms with E-state index in [1.165, 1.54) is 78.1 Å². The molecule has 0 N–H and O–H groups in total. The van der Waals surface area contributed by atoms with Crippen molar-refractivity contribution in [2.24, 2.45) is 0 Å². The van der Waals surface area contributed by atoms with Gasteiger partial charge in [-0.3, -0.25) is 0 Å². The third-order valence-corrected chi connectivity index (χ3v) is 13.3. The number of anilines is 6. The van der Waals surface area contributed by atoms with Crippen LogP contribution in [0.15, 0.2) is 142 Å². The lowest BCUT2D eigenvalue weighted by Gasteiger charge is -2.32. The summed E-state index contributed by atoms with van der Waals surface area (Å²) < 4.78 is 2.14. The molecule has 7 aromatic rings. The molecule has 56 heavy (non-hydrogen) atoms. The van der Waals surface area contributed by atoms with Gasteiger partial charge in [-0.1, -0.05) is 107 Å². The van der Waals surface area contributed by atoms with E-state index in [-0.39, 0.29) is 10.8 Å². The minimum atomic E-state index is -0.225. The number of nitrogens with zero attached hydrogens (tertiary/aromatic N) is 2. The first-order valence-corrected chi connectivity index (χ1v) is 21.1. The number of aryl methyl sites for hydroxylation is 4. The lowest BCUT2D eigenvalue weighted by atomic mass is 9.72. The second kappa shape index (κ2) is 13.4. The van der Waals surface area contributed by atoms with Crippen LogP contribution < -0.4 is 9.80 Å². The van der Waals surface area contributed by atoms with Gasteiger partial charge >= 0.3 is 0 Å². The second-order valence-corrected chi connectivity index (χ2v) is 18.7. The highest BCUT2D eigenvalue weighted by Crippen LogP contribution is 2.61. The Morgan fingerprint density at radius 1 is 0.375 bits per heavy atom. The van der Waals surface area contributed by atoms with Crippen LogP contribution in [-0.4, -0.2) is 0 Å². The minimum Gasteiger partial charge on any atom is -0.310 e. The van der Waals surface area contributed by atoms with Crippen LogP contribution in [0, 0.1) is 27.7 Å². The van der Waals surface area contributed by atoms with Crippen molar-refractivity contribution in [3.63, 3.8) is 0 Å². The van der Waals surface area contributed by atoms with Gasteiger partial charge < -0.3 is 9.80 Å². The molecule has 0 bridgehead atoms. The van der Waals surface area contributed by atoms with E-state index in [1.807, 2.05) is 0 Å². The Labute approximate surface area is 349 Å². The molecule has 4 heteroatoms.